The fourth-order valence-corrected chi connectivity index (χ4v) is 2.58. The van der Waals surface area contributed by atoms with Crippen LogP contribution in [0.3, 0.4) is 0 Å². The molecule has 0 aliphatic carbocycles. The molecule has 1 fully saturated rings. The number of rotatable bonds is 4. The van der Waals surface area contributed by atoms with E-state index < -0.39 is 29.3 Å². The molecule has 0 saturated carbocycles. The highest BCUT2D eigenvalue weighted by atomic mass is 127. The van der Waals surface area contributed by atoms with Gasteiger partial charge in [-0.05, 0) is 41.5 Å². The molecule has 1 aliphatic heterocycles. The summed E-state index contributed by atoms with van der Waals surface area (Å²) in [7, 11) is 1.47. The van der Waals surface area contributed by atoms with Crippen LogP contribution < -0.4 is 0 Å². The Balaban J connectivity index is 2.99. The summed E-state index contributed by atoms with van der Waals surface area (Å²) < 4.78 is 22.8. The second-order valence-corrected chi connectivity index (χ2v) is 8.55. The number of hydrogen-bond donors (Lipinski definition) is 0. The van der Waals surface area contributed by atoms with Crippen molar-refractivity contribution >= 4 is 34.5 Å². The molecule has 0 N–H and O–H groups in total. The molecular weight excluding hydrogens is 415 g/mol. The first-order chi connectivity index (χ1) is 10.4. The van der Waals surface area contributed by atoms with E-state index in [2.05, 4.69) is 22.6 Å². The monoisotopic (exact) mass is 442 g/mol. The molecule has 1 heterocycles. The van der Waals surface area contributed by atoms with Crippen molar-refractivity contribution in [3.05, 3.63) is 0 Å². The molecule has 23 heavy (non-hydrogen) atoms. The number of hydrogen-bond acceptors (Lipinski definition) is 6. The molecule has 7 heteroatoms. The van der Waals surface area contributed by atoms with Gasteiger partial charge in [-0.25, -0.2) is 0 Å². The van der Waals surface area contributed by atoms with E-state index in [1.165, 1.54) is 7.11 Å². The summed E-state index contributed by atoms with van der Waals surface area (Å²) in [4.78, 5) is 24.5. The third kappa shape index (κ3) is 5.29. The average Bonchev–Trinajstić information content (AvgIpc) is 2.74. The van der Waals surface area contributed by atoms with Crippen molar-refractivity contribution < 1.29 is 28.5 Å². The van der Waals surface area contributed by atoms with Crippen LogP contribution in [0.25, 0.3) is 0 Å². The molecule has 0 spiro atoms. The van der Waals surface area contributed by atoms with Gasteiger partial charge in [0.25, 0.3) is 0 Å². The summed E-state index contributed by atoms with van der Waals surface area (Å²) in [6.07, 6.45) is -2.60. The summed E-state index contributed by atoms with van der Waals surface area (Å²) in [5, 5.41) is 0. The first kappa shape index (κ1) is 20.6. The normalized spacial score (nSPS) is 28.5. The number of halogens is 1. The molecular formula is C16H27IO6. The minimum Gasteiger partial charge on any atom is -0.455 e. The van der Waals surface area contributed by atoms with E-state index in [1.807, 2.05) is 0 Å². The Morgan fingerprint density at radius 1 is 0.957 bits per heavy atom. The topological polar surface area (TPSA) is 71.1 Å². The van der Waals surface area contributed by atoms with E-state index in [-0.39, 0.29) is 18.0 Å². The van der Waals surface area contributed by atoms with Crippen molar-refractivity contribution in [1.29, 1.82) is 0 Å². The minimum absolute atomic E-state index is 0.366. The van der Waals surface area contributed by atoms with E-state index >= 15 is 0 Å². The maximum absolute atomic E-state index is 12.2. The van der Waals surface area contributed by atoms with Crippen LogP contribution in [0.1, 0.15) is 41.5 Å². The molecule has 1 rings (SSSR count). The van der Waals surface area contributed by atoms with Crippen LogP contribution in [0, 0.1) is 10.8 Å². The van der Waals surface area contributed by atoms with Crippen molar-refractivity contribution in [2.75, 3.05) is 11.5 Å². The van der Waals surface area contributed by atoms with Crippen LogP contribution in [0.15, 0.2) is 0 Å². The number of alkyl halides is 1. The van der Waals surface area contributed by atoms with Crippen molar-refractivity contribution in [2.24, 2.45) is 10.8 Å². The second kappa shape index (κ2) is 7.65. The minimum atomic E-state index is -0.780. The molecule has 0 bridgehead atoms. The lowest BCUT2D eigenvalue weighted by atomic mass is 9.96. The molecule has 0 radical (unpaired) electrons. The molecule has 1 aliphatic rings. The third-order valence-electron chi connectivity index (χ3n) is 3.36. The predicted octanol–water partition coefficient (Wildman–Crippen LogP) is 2.71. The van der Waals surface area contributed by atoms with Crippen LogP contribution in [0.5, 0.6) is 0 Å². The molecule has 0 aromatic rings. The van der Waals surface area contributed by atoms with E-state index in [0.29, 0.717) is 4.43 Å². The molecule has 6 nitrogen and oxygen atoms in total. The molecule has 4 atom stereocenters. The van der Waals surface area contributed by atoms with Crippen LogP contribution >= 0.6 is 22.6 Å². The van der Waals surface area contributed by atoms with Crippen LogP contribution in [0.2, 0.25) is 0 Å². The van der Waals surface area contributed by atoms with Crippen molar-refractivity contribution in [2.45, 2.75) is 66.1 Å². The molecule has 1 saturated heterocycles. The zero-order valence-electron chi connectivity index (χ0n) is 14.8. The van der Waals surface area contributed by atoms with E-state index in [9.17, 15) is 9.59 Å². The van der Waals surface area contributed by atoms with Gasteiger partial charge in [-0.3, -0.25) is 9.59 Å². The highest BCUT2D eigenvalue weighted by molar-refractivity contribution is 14.1. The Morgan fingerprint density at radius 2 is 1.39 bits per heavy atom. The Hall–Kier alpha value is -0.410. The van der Waals surface area contributed by atoms with E-state index in [4.69, 9.17) is 18.9 Å². The second-order valence-electron chi connectivity index (χ2n) is 7.67. The zero-order valence-corrected chi connectivity index (χ0v) is 17.0. The molecule has 1 unspecified atom stereocenters. The summed E-state index contributed by atoms with van der Waals surface area (Å²) >= 11 is 2.15. The van der Waals surface area contributed by atoms with Gasteiger partial charge in [0, 0.05) is 11.5 Å². The first-order valence-corrected chi connectivity index (χ1v) is 9.10. The SMILES string of the molecule is COC1O[C@H](CI)[C@H](OC(=O)C(C)(C)C)[C@H]1OC(=O)C(C)(C)C. The zero-order chi connectivity index (χ0) is 18.0. The van der Waals surface area contributed by atoms with E-state index in [0.717, 1.165) is 0 Å². The van der Waals surface area contributed by atoms with Crippen molar-refractivity contribution in [3.63, 3.8) is 0 Å². The van der Waals surface area contributed by atoms with Gasteiger partial charge in [0.05, 0.1) is 10.8 Å². The van der Waals surface area contributed by atoms with Gasteiger partial charge < -0.3 is 18.9 Å². The van der Waals surface area contributed by atoms with Crippen LogP contribution in [-0.2, 0) is 28.5 Å². The smallest absolute Gasteiger partial charge is 0.311 e. The summed E-state index contributed by atoms with van der Waals surface area (Å²) in [6, 6.07) is 0. The maximum Gasteiger partial charge on any atom is 0.311 e. The average molecular weight is 442 g/mol. The van der Waals surface area contributed by atoms with Gasteiger partial charge >= 0.3 is 11.9 Å². The van der Waals surface area contributed by atoms with Crippen molar-refractivity contribution in [1.82, 2.24) is 0 Å². The number of esters is 2. The lowest BCUT2D eigenvalue weighted by Gasteiger charge is -2.28. The van der Waals surface area contributed by atoms with Crippen LogP contribution in [0.4, 0.5) is 0 Å². The third-order valence-corrected chi connectivity index (χ3v) is 4.23. The summed E-state index contributed by atoms with van der Waals surface area (Å²) in [6.45, 7) is 10.6. The summed E-state index contributed by atoms with van der Waals surface area (Å²) in [5.41, 5.74) is -1.32. The number of carbonyl (C=O) groups is 2. The van der Waals surface area contributed by atoms with Crippen LogP contribution in [-0.4, -0.2) is 48.1 Å². The quantitative estimate of drug-likeness (QED) is 0.379. The molecule has 134 valence electrons. The largest absolute Gasteiger partial charge is 0.455 e. The maximum atomic E-state index is 12.2. The van der Waals surface area contributed by atoms with Gasteiger partial charge in [0.2, 0.25) is 0 Å². The molecule has 0 aromatic heterocycles. The molecule has 0 aromatic carbocycles. The number of carbonyl (C=O) groups excluding carboxylic acids is 2. The van der Waals surface area contributed by atoms with E-state index in [1.54, 1.807) is 41.5 Å². The van der Waals surface area contributed by atoms with Gasteiger partial charge in [-0.15, -0.1) is 0 Å². The van der Waals surface area contributed by atoms with Gasteiger partial charge in [-0.2, -0.15) is 0 Å². The first-order valence-electron chi connectivity index (χ1n) is 7.58. The Morgan fingerprint density at radius 3 is 1.74 bits per heavy atom. The lowest BCUT2D eigenvalue weighted by molar-refractivity contribution is -0.190. The fraction of sp³-hybridized carbons (Fsp3) is 0.875. The Kier molecular flexibility index (Phi) is 6.86. The summed E-state index contributed by atoms with van der Waals surface area (Å²) in [5.74, 6) is -0.756. The standard InChI is InChI=1S/C16H27IO6/c1-15(2,3)13(18)22-10-9(8-17)21-12(20-7)11(10)23-14(19)16(4,5)6/h9-12H,8H2,1-7H3/t9-,10+,11-,12?/m1/s1. The molecule has 0 amide bonds. The number of ether oxygens (including phenoxy) is 4. The highest BCUT2D eigenvalue weighted by Gasteiger charge is 2.51. The van der Waals surface area contributed by atoms with Crippen molar-refractivity contribution in [3.8, 4) is 0 Å². The Bertz CT molecular complexity index is 397. The highest BCUT2D eigenvalue weighted by Crippen LogP contribution is 2.32. The number of methoxy groups -OCH3 is 1. The van der Waals surface area contributed by atoms with Gasteiger partial charge in [0.1, 0.15) is 6.10 Å². The lowest BCUT2D eigenvalue weighted by Crippen LogP contribution is -2.44. The van der Waals surface area contributed by atoms with Gasteiger partial charge in [0.15, 0.2) is 18.5 Å². The Labute approximate surface area is 151 Å². The predicted molar refractivity (Wildman–Crippen MR) is 93.2 cm³/mol. The fourth-order valence-electron chi connectivity index (χ4n) is 1.87. The van der Waals surface area contributed by atoms with Gasteiger partial charge in [-0.1, -0.05) is 22.6 Å².